The van der Waals surface area contributed by atoms with Gasteiger partial charge in [-0.3, -0.25) is 9.69 Å². The number of piperidine rings is 1. The lowest BCUT2D eigenvalue weighted by Crippen LogP contribution is -2.51. The minimum atomic E-state index is -1.82. The Morgan fingerprint density at radius 1 is 0.944 bits per heavy atom. The summed E-state index contributed by atoms with van der Waals surface area (Å²) < 4.78 is 11.5. The van der Waals surface area contributed by atoms with Crippen LogP contribution in [0, 0.1) is 12.8 Å². The zero-order chi connectivity index (χ0) is 26.1. The number of anilines is 1. The molecule has 196 valence electrons. The van der Waals surface area contributed by atoms with Crippen LogP contribution < -0.4 is 9.64 Å². The first kappa shape index (κ1) is 27.1. The second-order valence-electron chi connectivity index (χ2n) is 8.89. The number of carbonyl (C=O) groups is 3. The van der Waals surface area contributed by atoms with Gasteiger partial charge in [0.25, 0.3) is 0 Å². The van der Waals surface area contributed by atoms with Gasteiger partial charge in [0.15, 0.2) is 0 Å². The molecular formula is C26H35N3O7. The fourth-order valence-electron chi connectivity index (χ4n) is 4.55. The van der Waals surface area contributed by atoms with Gasteiger partial charge >= 0.3 is 11.9 Å². The van der Waals surface area contributed by atoms with E-state index in [2.05, 4.69) is 26.8 Å². The molecule has 2 N–H and O–H groups in total. The van der Waals surface area contributed by atoms with Crippen LogP contribution in [-0.2, 0) is 20.9 Å². The molecular weight excluding hydrogens is 466 g/mol. The van der Waals surface area contributed by atoms with Crippen LogP contribution in [0.1, 0.15) is 31.3 Å². The Balaban J connectivity index is 0.000000538. The fraction of sp³-hybridized carbons (Fsp3) is 0.500. The fourth-order valence-corrected chi connectivity index (χ4v) is 4.55. The number of carboxylic acid groups (broad SMARTS) is 2. The predicted octanol–water partition coefficient (Wildman–Crippen LogP) is 2.70. The molecule has 0 aliphatic carbocycles. The molecule has 0 bridgehead atoms. The molecule has 2 aliphatic heterocycles. The third-order valence-electron chi connectivity index (χ3n) is 6.39. The normalized spacial score (nSPS) is 16.7. The van der Waals surface area contributed by atoms with Crippen LogP contribution in [0.25, 0.3) is 0 Å². The zero-order valence-corrected chi connectivity index (χ0v) is 20.9. The quantitative estimate of drug-likeness (QED) is 0.575. The molecule has 2 saturated heterocycles. The molecule has 36 heavy (non-hydrogen) atoms. The number of hydrogen-bond acceptors (Lipinski definition) is 7. The number of piperazine rings is 1. The Kier molecular flexibility index (Phi) is 9.75. The summed E-state index contributed by atoms with van der Waals surface area (Å²) in [7, 11) is 0. The number of aryl methyl sites for hydroxylation is 1. The van der Waals surface area contributed by atoms with Crippen molar-refractivity contribution in [3.8, 4) is 5.75 Å². The van der Waals surface area contributed by atoms with Crippen LogP contribution in [0.2, 0.25) is 0 Å². The van der Waals surface area contributed by atoms with Crippen LogP contribution in [0.15, 0.2) is 40.8 Å². The second-order valence-corrected chi connectivity index (χ2v) is 8.89. The van der Waals surface area contributed by atoms with Gasteiger partial charge in [0, 0.05) is 32.1 Å². The third kappa shape index (κ3) is 7.48. The molecule has 1 aromatic heterocycles. The van der Waals surface area contributed by atoms with Crippen molar-refractivity contribution in [1.82, 2.24) is 9.80 Å². The van der Waals surface area contributed by atoms with E-state index >= 15 is 0 Å². The number of amides is 1. The Hall–Kier alpha value is -3.53. The Morgan fingerprint density at radius 2 is 1.58 bits per heavy atom. The number of aliphatic carboxylic acids is 2. The summed E-state index contributed by atoms with van der Waals surface area (Å²) in [6.07, 6.45) is 1.87. The molecule has 10 nitrogen and oxygen atoms in total. The van der Waals surface area contributed by atoms with Gasteiger partial charge < -0.3 is 29.2 Å². The van der Waals surface area contributed by atoms with Crippen LogP contribution in [-0.4, -0.2) is 83.7 Å². The number of para-hydroxylation sites is 2. The number of carbonyl (C=O) groups excluding carboxylic acids is 1. The van der Waals surface area contributed by atoms with E-state index in [0.717, 1.165) is 81.6 Å². The predicted molar refractivity (Wildman–Crippen MR) is 133 cm³/mol. The summed E-state index contributed by atoms with van der Waals surface area (Å²) in [4.78, 5) is 38.1. The first-order valence-electron chi connectivity index (χ1n) is 12.3. The topological polar surface area (TPSA) is 124 Å². The van der Waals surface area contributed by atoms with Crippen molar-refractivity contribution < 1.29 is 33.8 Å². The van der Waals surface area contributed by atoms with Crippen molar-refractivity contribution in [3.05, 3.63) is 47.9 Å². The Bertz CT molecular complexity index is 1010. The van der Waals surface area contributed by atoms with Gasteiger partial charge in [-0.05, 0) is 64.0 Å². The van der Waals surface area contributed by atoms with Gasteiger partial charge in [0.2, 0.25) is 5.91 Å². The lowest BCUT2D eigenvalue weighted by atomic mass is 9.95. The summed E-state index contributed by atoms with van der Waals surface area (Å²) in [5, 5.41) is 14.8. The molecule has 0 spiro atoms. The van der Waals surface area contributed by atoms with E-state index in [1.54, 1.807) is 0 Å². The number of ether oxygens (including phenoxy) is 1. The lowest BCUT2D eigenvalue weighted by molar-refractivity contribution is -0.159. The molecule has 0 saturated carbocycles. The van der Waals surface area contributed by atoms with Crippen molar-refractivity contribution in [2.24, 2.45) is 5.92 Å². The number of nitrogens with zero attached hydrogens (tertiary/aromatic N) is 3. The Labute approximate surface area is 211 Å². The Morgan fingerprint density at radius 3 is 2.14 bits per heavy atom. The number of hydrogen-bond donors (Lipinski definition) is 2. The van der Waals surface area contributed by atoms with Gasteiger partial charge in [-0.25, -0.2) is 9.59 Å². The highest BCUT2D eigenvalue weighted by Gasteiger charge is 2.31. The van der Waals surface area contributed by atoms with Gasteiger partial charge in [0.1, 0.15) is 17.3 Å². The van der Waals surface area contributed by atoms with E-state index in [4.69, 9.17) is 29.0 Å². The molecule has 2 fully saturated rings. The molecule has 0 unspecified atom stereocenters. The number of benzene rings is 1. The maximum absolute atomic E-state index is 13.1. The molecule has 2 aromatic rings. The van der Waals surface area contributed by atoms with Gasteiger partial charge in [0.05, 0.1) is 18.8 Å². The standard InChI is InChI=1S/C24H33N3O3.C2H2O4/c1-3-29-23-7-5-4-6-22(23)26-14-16-27(17-15-26)24(28)20-10-12-25(13-11-20)18-21-9-8-19(2)30-21;3-1(4)2(5)6/h4-9,20H,3,10-18H2,1-2H3;(H,3,4)(H,5,6). The van der Waals surface area contributed by atoms with Crippen molar-refractivity contribution in [2.75, 3.05) is 50.8 Å². The van der Waals surface area contributed by atoms with E-state index in [9.17, 15) is 4.79 Å². The molecule has 10 heteroatoms. The highest BCUT2D eigenvalue weighted by Crippen LogP contribution is 2.29. The third-order valence-corrected chi connectivity index (χ3v) is 6.39. The number of furan rings is 1. The van der Waals surface area contributed by atoms with Crippen LogP contribution in [0.4, 0.5) is 5.69 Å². The molecule has 4 rings (SSSR count). The van der Waals surface area contributed by atoms with E-state index in [0.29, 0.717) is 12.5 Å². The summed E-state index contributed by atoms with van der Waals surface area (Å²) in [5.41, 5.74) is 1.13. The van der Waals surface area contributed by atoms with Crippen LogP contribution >= 0.6 is 0 Å². The molecule has 3 heterocycles. The number of rotatable bonds is 6. The average molecular weight is 502 g/mol. The van der Waals surface area contributed by atoms with Gasteiger partial charge in [-0.2, -0.15) is 0 Å². The average Bonchev–Trinajstić information content (AvgIpc) is 3.29. The highest BCUT2D eigenvalue weighted by atomic mass is 16.5. The summed E-state index contributed by atoms with van der Waals surface area (Å²) in [6.45, 7) is 10.7. The molecule has 0 atom stereocenters. The lowest BCUT2D eigenvalue weighted by Gasteiger charge is -2.39. The van der Waals surface area contributed by atoms with Crippen molar-refractivity contribution >= 4 is 23.5 Å². The van der Waals surface area contributed by atoms with E-state index < -0.39 is 11.9 Å². The molecule has 1 amide bonds. The highest BCUT2D eigenvalue weighted by molar-refractivity contribution is 6.27. The first-order valence-corrected chi connectivity index (χ1v) is 12.3. The molecule has 0 radical (unpaired) electrons. The van der Waals surface area contributed by atoms with E-state index in [1.807, 2.05) is 38.1 Å². The zero-order valence-electron chi connectivity index (χ0n) is 20.9. The first-order chi connectivity index (χ1) is 17.3. The summed E-state index contributed by atoms with van der Waals surface area (Å²) >= 11 is 0. The van der Waals surface area contributed by atoms with Crippen LogP contribution in [0.5, 0.6) is 5.75 Å². The van der Waals surface area contributed by atoms with Gasteiger partial charge in [-0.1, -0.05) is 12.1 Å². The molecule has 2 aliphatic rings. The van der Waals surface area contributed by atoms with Crippen LogP contribution in [0.3, 0.4) is 0 Å². The van der Waals surface area contributed by atoms with Crippen molar-refractivity contribution in [1.29, 1.82) is 0 Å². The summed E-state index contributed by atoms with van der Waals surface area (Å²) in [5.74, 6) is -0.259. The maximum atomic E-state index is 13.1. The van der Waals surface area contributed by atoms with Crippen molar-refractivity contribution in [2.45, 2.75) is 33.2 Å². The summed E-state index contributed by atoms with van der Waals surface area (Å²) in [6, 6.07) is 12.3. The van der Waals surface area contributed by atoms with E-state index in [-0.39, 0.29) is 5.92 Å². The van der Waals surface area contributed by atoms with Gasteiger partial charge in [-0.15, -0.1) is 0 Å². The minimum Gasteiger partial charge on any atom is -0.492 e. The van der Waals surface area contributed by atoms with E-state index in [1.165, 1.54) is 0 Å². The minimum absolute atomic E-state index is 0.154. The number of likely N-dealkylation sites (tertiary alicyclic amines) is 1. The largest absolute Gasteiger partial charge is 0.492 e. The van der Waals surface area contributed by atoms with Crippen molar-refractivity contribution in [3.63, 3.8) is 0 Å². The SMILES string of the molecule is CCOc1ccccc1N1CCN(C(=O)C2CCN(Cc3ccc(C)o3)CC2)CC1.O=C(O)C(=O)O. The number of carboxylic acids is 2. The smallest absolute Gasteiger partial charge is 0.414 e. The molecule has 1 aromatic carbocycles. The monoisotopic (exact) mass is 501 g/mol. The maximum Gasteiger partial charge on any atom is 0.414 e. The second kappa shape index (κ2) is 13.0.